The summed E-state index contributed by atoms with van der Waals surface area (Å²) in [7, 11) is 1.81. The molecule has 3 aromatic carbocycles. The molecule has 4 aromatic rings. The zero-order valence-electron chi connectivity index (χ0n) is 22.0. The number of azo groups is 1. The highest BCUT2D eigenvalue weighted by Crippen LogP contribution is 2.31. The first kappa shape index (κ1) is 24.5. The van der Waals surface area contributed by atoms with Crippen LogP contribution in [0.3, 0.4) is 0 Å². The second-order valence-electron chi connectivity index (χ2n) is 9.72. The molecule has 39 heavy (non-hydrogen) atoms. The van der Waals surface area contributed by atoms with Crippen molar-refractivity contribution in [1.29, 1.82) is 5.41 Å². The van der Waals surface area contributed by atoms with Crippen molar-refractivity contribution in [3.63, 3.8) is 0 Å². The third-order valence-corrected chi connectivity index (χ3v) is 7.31. The van der Waals surface area contributed by atoms with Crippen molar-refractivity contribution in [2.75, 3.05) is 13.1 Å². The molecule has 0 aliphatic carbocycles. The number of hydrogen-bond donors (Lipinski definition) is 1. The maximum absolute atomic E-state index is 13.4. The Morgan fingerprint density at radius 3 is 2.46 bits per heavy atom. The number of nitrogens with one attached hydrogen (secondary N) is 1. The second kappa shape index (κ2) is 10.2. The van der Waals surface area contributed by atoms with Gasteiger partial charge in [0.2, 0.25) is 5.90 Å². The third kappa shape index (κ3) is 4.46. The van der Waals surface area contributed by atoms with Crippen LogP contribution in [0.25, 0.3) is 16.5 Å². The van der Waals surface area contributed by atoms with E-state index >= 15 is 0 Å². The van der Waals surface area contributed by atoms with Crippen LogP contribution < -0.4 is 10.3 Å². The summed E-state index contributed by atoms with van der Waals surface area (Å²) in [6, 6.07) is 21.3. The zero-order chi connectivity index (χ0) is 26.9. The van der Waals surface area contributed by atoms with E-state index in [0.717, 1.165) is 54.4 Å². The van der Waals surface area contributed by atoms with Crippen molar-refractivity contribution in [3.8, 4) is 11.4 Å². The average Bonchev–Trinajstić information content (AvgIpc) is 3.17. The van der Waals surface area contributed by atoms with E-state index in [9.17, 15) is 4.79 Å². The van der Waals surface area contributed by atoms with Crippen molar-refractivity contribution in [1.82, 2.24) is 14.3 Å². The van der Waals surface area contributed by atoms with Crippen molar-refractivity contribution in [3.05, 3.63) is 99.9 Å². The van der Waals surface area contributed by atoms with E-state index in [1.165, 1.54) is 0 Å². The fourth-order valence-electron chi connectivity index (χ4n) is 5.14. The van der Waals surface area contributed by atoms with Crippen LogP contribution in [0.2, 0.25) is 0 Å². The van der Waals surface area contributed by atoms with Crippen molar-refractivity contribution in [2.24, 2.45) is 22.3 Å². The summed E-state index contributed by atoms with van der Waals surface area (Å²) in [5, 5.41) is 19.8. The van der Waals surface area contributed by atoms with Crippen LogP contribution in [0, 0.1) is 12.3 Å². The van der Waals surface area contributed by atoms with Gasteiger partial charge < -0.3 is 9.64 Å². The summed E-state index contributed by atoms with van der Waals surface area (Å²) in [5.41, 5.74) is 2.32. The lowest BCUT2D eigenvalue weighted by Crippen LogP contribution is -2.31. The van der Waals surface area contributed by atoms with Gasteiger partial charge in [-0.05, 0) is 55.2 Å². The molecule has 0 radical (unpaired) electrons. The number of benzene rings is 3. The lowest BCUT2D eigenvalue weighted by atomic mass is 10.0. The maximum Gasteiger partial charge on any atom is 0.299 e. The Labute approximate surface area is 225 Å². The number of likely N-dealkylation sites (tertiary alicyclic amines) is 1. The number of hydrogen-bond acceptors (Lipinski definition) is 7. The van der Waals surface area contributed by atoms with E-state index < -0.39 is 0 Å². The largest absolute Gasteiger partial charge is 0.437 e. The molecule has 0 spiro atoms. The minimum absolute atomic E-state index is 0.162. The summed E-state index contributed by atoms with van der Waals surface area (Å²) in [6.07, 6.45) is 4.99. The smallest absolute Gasteiger partial charge is 0.299 e. The van der Waals surface area contributed by atoms with E-state index in [4.69, 9.17) is 15.1 Å². The molecule has 3 heterocycles. The Bertz CT molecular complexity index is 1720. The quantitative estimate of drug-likeness (QED) is 0.342. The lowest BCUT2D eigenvalue weighted by Gasteiger charge is -2.30. The Kier molecular flexibility index (Phi) is 6.40. The molecule has 2 aliphatic rings. The minimum Gasteiger partial charge on any atom is -0.437 e. The molecule has 1 N–H and O–H groups in total. The van der Waals surface area contributed by atoms with Crippen LogP contribution in [0.5, 0.6) is 5.75 Å². The molecule has 9 heteroatoms. The number of fused-ring (bicyclic) bond motifs is 3. The fraction of sp³-hybridized carbons (Fsp3) is 0.233. The molecule has 0 saturated carbocycles. The number of nitrogens with zero attached hydrogens (tertiary/aromatic N) is 6. The molecule has 1 aromatic heterocycles. The van der Waals surface area contributed by atoms with Crippen molar-refractivity contribution in [2.45, 2.75) is 26.2 Å². The van der Waals surface area contributed by atoms with E-state index in [1.807, 2.05) is 80.7 Å². The van der Waals surface area contributed by atoms with Gasteiger partial charge in [-0.2, -0.15) is 0 Å². The van der Waals surface area contributed by atoms with E-state index in [0.29, 0.717) is 17.3 Å². The number of aromatic nitrogens is 2. The van der Waals surface area contributed by atoms with Gasteiger partial charge in [0.1, 0.15) is 5.75 Å². The monoisotopic (exact) mass is 519 g/mol. The van der Waals surface area contributed by atoms with Crippen LogP contribution in [0.4, 0.5) is 5.69 Å². The number of piperidine rings is 1. The van der Waals surface area contributed by atoms with Crippen LogP contribution >= 0.6 is 0 Å². The fourth-order valence-corrected chi connectivity index (χ4v) is 5.14. The van der Waals surface area contributed by atoms with Crippen LogP contribution in [-0.4, -0.2) is 39.5 Å². The topological polar surface area (TPSA) is 100 Å². The van der Waals surface area contributed by atoms with Gasteiger partial charge in [0, 0.05) is 31.9 Å². The van der Waals surface area contributed by atoms with Gasteiger partial charge in [-0.15, -0.1) is 10.2 Å². The highest BCUT2D eigenvalue weighted by Gasteiger charge is 2.25. The maximum atomic E-state index is 13.4. The Morgan fingerprint density at radius 2 is 1.67 bits per heavy atom. The first-order valence-corrected chi connectivity index (χ1v) is 13.1. The second-order valence-corrected chi connectivity index (χ2v) is 9.72. The van der Waals surface area contributed by atoms with Crippen molar-refractivity contribution < 1.29 is 4.74 Å². The number of rotatable bonds is 4. The number of ether oxygens (including phenoxy) is 1. The van der Waals surface area contributed by atoms with Gasteiger partial charge in [-0.25, -0.2) is 9.67 Å². The average molecular weight is 520 g/mol. The normalized spacial score (nSPS) is 18.6. The molecule has 0 atom stereocenters. The van der Waals surface area contributed by atoms with Gasteiger partial charge >= 0.3 is 0 Å². The summed E-state index contributed by atoms with van der Waals surface area (Å²) in [6.45, 7) is 3.42. The Hall–Kier alpha value is -4.79. The summed E-state index contributed by atoms with van der Waals surface area (Å²) >= 11 is 0. The number of para-hydroxylation sites is 1. The van der Waals surface area contributed by atoms with Gasteiger partial charge in [0.05, 0.1) is 11.4 Å². The van der Waals surface area contributed by atoms with Gasteiger partial charge in [0.15, 0.2) is 17.2 Å². The third-order valence-electron chi connectivity index (χ3n) is 7.31. The molecular formula is C30H29N7O2. The van der Waals surface area contributed by atoms with Crippen LogP contribution in [-0.2, 0) is 7.05 Å². The first-order valence-electron chi connectivity index (χ1n) is 13.1. The zero-order valence-corrected chi connectivity index (χ0v) is 22.0. The highest BCUT2D eigenvalue weighted by molar-refractivity contribution is 6.05. The molecule has 9 nitrogen and oxygen atoms in total. The van der Waals surface area contributed by atoms with Gasteiger partial charge in [0.25, 0.3) is 5.56 Å². The van der Waals surface area contributed by atoms with Gasteiger partial charge in [-0.3, -0.25) is 14.9 Å². The summed E-state index contributed by atoms with van der Waals surface area (Å²) in [4.78, 5) is 20.4. The summed E-state index contributed by atoms with van der Waals surface area (Å²) in [5.74, 6) is 0.888. The molecule has 1 saturated heterocycles. The van der Waals surface area contributed by atoms with Gasteiger partial charge in [-0.1, -0.05) is 48.5 Å². The predicted octanol–water partition coefficient (Wildman–Crippen LogP) is 5.87. The molecule has 196 valence electrons. The Balaban J connectivity index is 1.48. The first-order chi connectivity index (χ1) is 19.0. The molecule has 2 aliphatic heterocycles. The standard InChI is InChI=1S/C30H29N7O2/c1-20-26(30(38)37(35(20)2)22-12-5-3-6-13-22)33-34-27-28(31)39-25-16-15-21-11-7-8-14-23(21)24(25)19-32-29(27)36-17-9-4-10-18-36/h3,5-8,11-16,19,31H,4,9-10,17-18H2,1-2H3/b29-27-,31-28?,32-19-,34-33?. The predicted molar refractivity (Wildman–Crippen MR) is 153 cm³/mol. The highest BCUT2D eigenvalue weighted by atomic mass is 16.5. The number of aliphatic imine (C=N–C) groups is 1. The minimum atomic E-state index is -0.288. The lowest BCUT2D eigenvalue weighted by molar-refractivity contribution is 0.280. The molecule has 0 unspecified atom stereocenters. The molecule has 1 fully saturated rings. The molecule has 6 rings (SSSR count). The molecule has 0 amide bonds. The van der Waals surface area contributed by atoms with Crippen molar-refractivity contribution >= 4 is 28.6 Å². The summed E-state index contributed by atoms with van der Waals surface area (Å²) < 4.78 is 9.40. The molecule has 0 bridgehead atoms. The Morgan fingerprint density at radius 1 is 0.923 bits per heavy atom. The van der Waals surface area contributed by atoms with E-state index in [-0.39, 0.29) is 22.8 Å². The molecular weight excluding hydrogens is 490 g/mol. The van der Waals surface area contributed by atoms with Crippen LogP contribution in [0.1, 0.15) is 30.5 Å². The van der Waals surface area contributed by atoms with E-state index in [1.54, 1.807) is 15.6 Å². The van der Waals surface area contributed by atoms with E-state index in [2.05, 4.69) is 15.1 Å². The SMILES string of the molecule is Cc1c(N=N/C2=C(N3CCCCC3)/N=C\c3c(ccc4ccccc34)OC2=N)c(=O)n(-c2ccccc2)n1C. The van der Waals surface area contributed by atoms with Crippen LogP contribution in [0.15, 0.2) is 98.3 Å².